The lowest BCUT2D eigenvalue weighted by molar-refractivity contribution is -0.117. The van der Waals surface area contributed by atoms with E-state index in [2.05, 4.69) is 6.92 Å². The molecule has 0 aliphatic rings. The Balaban J connectivity index is 2.64. The van der Waals surface area contributed by atoms with Gasteiger partial charge in [0.1, 0.15) is 0 Å². The Morgan fingerprint density at radius 2 is 1.81 bits per heavy atom. The van der Waals surface area contributed by atoms with E-state index in [0.29, 0.717) is 16.1 Å². The van der Waals surface area contributed by atoms with Crippen molar-refractivity contribution in [2.75, 3.05) is 0 Å². The van der Waals surface area contributed by atoms with Gasteiger partial charge < -0.3 is 0 Å². The third-order valence-corrected chi connectivity index (χ3v) is 4.58. The molecule has 0 saturated carbocycles. The Kier molecular flexibility index (Phi) is 4.34. The van der Waals surface area contributed by atoms with Crippen molar-refractivity contribution in [2.24, 2.45) is 0 Å². The Bertz CT molecular complexity index is 800. The van der Waals surface area contributed by atoms with Crippen LogP contribution in [0.1, 0.15) is 12.5 Å². The van der Waals surface area contributed by atoms with Crippen molar-refractivity contribution >= 4 is 27.5 Å². The number of carbonyl (C=O) groups is 1. The summed E-state index contributed by atoms with van der Waals surface area (Å²) >= 11 is 6.17. The van der Waals surface area contributed by atoms with Crippen LogP contribution in [-0.4, -0.2) is 14.3 Å². The lowest BCUT2D eigenvalue weighted by Gasteiger charge is -2.12. The zero-order chi connectivity index (χ0) is 15.6. The summed E-state index contributed by atoms with van der Waals surface area (Å²) < 4.78 is 26.4. The molecule has 0 aromatic heterocycles. The lowest BCUT2D eigenvalue weighted by Crippen LogP contribution is -2.28. The Morgan fingerprint density at radius 1 is 1.14 bits per heavy atom. The third-order valence-electron chi connectivity index (χ3n) is 2.78. The second-order valence-electron chi connectivity index (χ2n) is 4.47. The van der Waals surface area contributed by atoms with Crippen LogP contribution in [0.4, 0.5) is 0 Å². The highest BCUT2D eigenvalue weighted by atomic mass is 35.5. The molecular weight excluding hydrogens is 310 g/mol. The maximum atomic E-state index is 12.2. The Labute approximate surface area is 128 Å². The summed E-state index contributed by atoms with van der Waals surface area (Å²) in [4.78, 5) is 11.1. The summed E-state index contributed by atoms with van der Waals surface area (Å²) in [5, 5.41) is 0.396. The van der Waals surface area contributed by atoms with Crippen molar-refractivity contribution in [1.29, 1.82) is 0 Å². The largest absolute Gasteiger partial charge is 0.274 e. The van der Waals surface area contributed by atoms with Gasteiger partial charge in [0.05, 0.1) is 4.90 Å². The first kappa shape index (κ1) is 15.5. The monoisotopic (exact) mass is 322 g/mol. The van der Waals surface area contributed by atoms with Gasteiger partial charge in [0.2, 0.25) is 5.91 Å². The van der Waals surface area contributed by atoms with Crippen molar-refractivity contribution in [3.05, 3.63) is 60.0 Å². The lowest BCUT2D eigenvalue weighted by atomic mass is 10.0. The molecule has 2 aromatic carbocycles. The van der Waals surface area contributed by atoms with Crippen LogP contribution >= 0.6 is 11.6 Å². The zero-order valence-electron chi connectivity index (χ0n) is 11.3. The highest BCUT2D eigenvalue weighted by molar-refractivity contribution is 7.90. The van der Waals surface area contributed by atoms with E-state index in [0.717, 1.165) is 12.5 Å². The van der Waals surface area contributed by atoms with E-state index in [1.165, 1.54) is 6.07 Å². The first-order valence-electron chi connectivity index (χ1n) is 6.05. The summed E-state index contributed by atoms with van der Waals surface area (Å²) in [7, 11) is -3.94. The summed E-state index contributed by atoms with van der Waals surface area (Å²) in [6, 6.07) is 11.4. The second kappa shape index (κ2) is 5.87. The summed E-state index contributed by atoms with van der Waals surface area (Å²) in [5.74, 6) is -0.649. The Hall–Kier alpha value is -1.85. The molecule has 0 bridgehead atoms. The van der Waals surface area contributed by atoms with Crippen LogP contribution in [0.2, 0.25) is 5.02 Å². The molecule has 0 saturated heterocycles. The van der Waals surface area contributed by atoms with Crippen LogP contribution in [0.5, 0.6) is 0 Å². The molecule has 1 amide bonds. The minimum Gasteiger partial charge on any atom is -0.274 e. The SMILES string of the molecule is [CH2]c1ccc(-c2ccccc2S(=O)(=O)NC(C)=O)c(Cl)c1. The molecule has 0 heterocycles. The molecular formula is C15H13ClNO3S. The van der Waals surface area contributed by atoms with Gasteiger partial charge in [-0.2, -0.15) is 0 Å². The molecule has 109 valence electrons. The van der Waals surface area contributed by atoms with Crippen molar-refractivity contribution in [3.8, 4) is 11.1 Å². The number of carbonyl (C=O) groups excluding carboxylic acids is 1. The van der Waals surface area contributed by atoms with Gasteiger partial charge in [0, 0.05) is 23.1 Å². The third kappa shape index (κ3) is 3.43. The van der Waals surface area contributed by atoms with Gasteiger partial charge in [-0.3, -0.25) is 4.79 Å². The van der Waals surface area contributed by atoms with Gasteiger partial charge in [-0.05, 0) is 24.6 Å². The molecule has 21 heavy (non-hydrogen) atoms. The molecule has 0 aliphatic heterocycles. The molecule has 1 radical (unpaired) electrons. The van der Waals surface area contributed by atoms with E-state index in [1.54, 1.807) is 36.4 Å². The number of hydrogen-bond donors (Lipinski definition) is 1. The Morgan fingerprint density at radius 3 is 2.43 bits per heavy atom. The van der Waals surface area contributed by atoms with E-state index in [9.17, 15) is 13.2 Å². The number of benzene rings is 2. The van der Waals surface area contributed by atoms with E-state index >= 15 is 0 Å². The van der Waals surface area contributed by atoms with Crippen LogP contribution in [0.15, 0.2) is 47.4 Å². The highest BCUT2D eigenvalue weighted by Gasteiger charge is 2.21. The fourth-order valence-corrected chi connectivity index (χ4v) is 3.46. The van der Waals surface area contributed by atoms with Crippen molar-refractivity contribution in [1.82, 2.24) is 4.72 Å². The van der Waals surface area contributed by atoms with Gasteiger partial charge in [-0.1, -0.05) is 41.9 Å². The normalized spacial score (nSPS) is 11.2. The molecule has 0 fully saturated rings. The number of nitrogens with one attached hydrogen (secondary N) is 1. The maximum absolute atomic E-state index is 12.2. The van der Waals surface area contributed by atoms with Crippen molar-refractivity contribution in [3.63, 3.8) is 0 Å². The van der Waals surface area contributed by atoms with Crippen molar-refractivity contribution < 1.29 is 13.2 Å². The standard InChI is InChI=1S/C15H13ClNO3S/c1-10-7-8-12(14(16)9-10)13-5-3-4-6-15(13)21(19,20)17-11(2)18/h3-9H,1H2,2H3,(H,17,18). The zero-order valence-corrected chi connectivity index (χ0v) is 12.8. The van der Waals surface area contributed by atoms with Gasteiger partial charge >= 0.3 is 0 Å². The first-order valence-corrected chi connectivity index (χ1v) is 7.91. The van der Waals surface area contributed by atoms with E-state index < -0.39 is 15.9 Å². The molecule has 1 N–H and O–H groups in total. The van der Waals surface area contributed by atoms with E-state index in [1.807, 2.05) is 4.72 Å². The predicted molar refractivity (Wildman–Crippen MR) is 82.3 cm³/mol. The van der Waals surface area contributed by atoms with E-state index in [-0.39, 0.29) is 4.90 Å². The molecule has 0 unspecified atom stereocenters. The van der Waals surface area contributed by atoms with Crippen LogP contribution in [0.3, 0.4) is 0 Å². The van der Waals surface area contributed by atoms with Gasteiger partial charge in [0.15, 0.2) is 0 Å². The van der Waals surface area contributed by atoms with Gasteiger partial charge in [-0.25, -0.2) is 13.1 Å². The second-order valence-corrected chi connectivity index (χ2v) is 6.53. The quantitative estimate of drug-likeness (QED) is 0.944. The highest BCUT2D eigenvalue weighted by Crippen LogP contribution is 2.33. The number of sulfonamides is 1. The fourth-order valence-electron chi connectivity index (χ4n) is 1.94. The molecule has 0 atom stereocenters. The van der Waals surface area contributed by atoms with Crippen LogP contribution in [-0.2, 0) is 14.8 Å². The van der Waals surface area contributed by atoms with Gasteiger partial charge in [0.25, 0.3) is 10.0 Å². The minimum atomic E-state index is -3.94. The fraction of sp³-hybridized carbons (Fsp3) is 0.0667. The minimum absolute atomic E-state index is 0.00101. The summed E-state index contributed by atoms with van der Waals surface area (Å²) in [5.41, 5.74) is 1.72. The predicted octanol–water partition coefficient (Wildman–Crippen LogP) is 3.01. The van der Waals surface area contributed by atoms with Crippen LogP contribution in [0, 0.1) is 6.92 Å². The maximum Gasteiger partial charge on any atom is 0.264 e. The molecule has 0 aliphatic carbocycles. The van der Waals surface area contributed by atoms with Crippen LogP contribution < -0.4 is 4.72 Å². The first-order chi connectivity index (χ1) is 9.81. The number of hydrogen-bond acceptors (Lipinski definition) is 3. The topological polar surface area (TPSA) is 63.2 Å². The smallest absolute Gasteiger partial charge is 0.264 e. The molecule has 2 rings (SSSR count). The average Bonchev–Trinajstić information content (AvgIpc) is 2.37. The average molecular weight is 323 g/mol. The van der Waals surface area contributed by atoms with Gasteiger partial charge in [-0.15, -0.1) is 0 Å². The van der Waals surface area contributed by atoms with Crippen LogP contribution in [0.25, 0.3) is 11.1 Å². The molecule has 0 spiro atoms. The summed E-state index contributed by atoms with van der Waals surface area (Å²) in [6.07, 6.45) is 0. The molecule has 6 heteroatoms. The number of halogens is 1. The van der Waals surface area contributed by atoms with E-state index in [4.69, 9.17) is 11.6 Å². The molecule has 4 nitrogen and oxygen atoms in total. The number of amides is 1. The summed E-state index contributed by atoms with van der Waals surface area (Å²) in [6.45, 7) is 4.91. The van der Waals surface area contributed by atoms with Crippen molar-refractivity contribution in [2.45, 2.75) is 11.8 Å². The number of rotatable bonds is 3. The molecule has 2 aromatic rings.